The average molecular weight is 146 g/mol. The van der Waals surface area contributed by atoms with Gasteiger partial charge in [0.25, 0.3) is 0 Å². The van der Waals surface area contributed by atoms with Crippen molar-refractivity contribution < 1.29 is 0 Å². The molecule has 0 aromatic carbocycles. The molecular weight excluding hydrogens is 127 g/mol. The first-order valence-electron chi connectivity index (χ1n) is 4.71. The van der Waals surface area contributed by atoms with Crippen molar-refractivity contribution in [3.63, 3.8) is 0 Å². The van der Waals surface area contributed by atoms with E-state index in [1.54, 1.807) is 0 Å². The molecule has 1 unspecified atom stereocenters. The van der Waals surface area contributed by atoms with Crippen LogP contribution in [0.2, 0.25) is 4.09 Å². The molecule has 0 saturated heterocycles. The van der Waals surface area contributed by atoms with Crippen LogP contribution in [0, 0.1) is 10.8 Å². The molecule has 1 fully saturated rings. The molecule has 1 aliphatic carbocycles. The van der Waals surface area contributed by atoms with Gasteiger partial charge in [0.15, 0.2) is 0 Å². The van der Waals surface area contributed by atoms with Crippen LogP contribution in [0.25, 0.3) is 0 Å². The maximum atomic E-state index is 2.42. The van der Waals surface area contributed by atoms with E-state index in [0.717, 1.165) is 0 Å². The van der Waals surface area contributed by atoms with Crippen molar-refractivity contribution in [2.75, 3.05) is 0 Å². The van der Waals surface area contributed by atoms with E-state index in [1.165, 1.54) is 12.8 Å². The van der Waals surface area contributed by atoms with E-state index < -0.39 is 0 Å². The monoisotopic (exact) mass is 146 g/mol. The molecule has 0 N–H and O–H groups in total. The second kappa shape index (κ2) is 2.30. The van der Waals surface area contributed by atoms with Gasteiger partial charge in [0.05, 0.1) is 0 Å². The van der Waals surface area contributed by atoms with Crippen LogP contribution >= 0.6 is 0 Å². The van der Waals surface area contributed by atoms with Gasteiger partial charge in [-0.15, -0.1) is 0 Å². The van der Waals surface area contributed by atoms with E-state index in [-0.39, 0.29) is 0 Å². The minimum absolute atomic E-state index is 0.486. The molecule has 1 heteroatoms. The summed E-state index contributed by atoms with van der Waals surface area (Å²) in [5.74, 6) is 0. The van der Waals surface area contributed by atoms with Gasteiger partial charge in [-0.3, -0.25) is 0 Å². The Labute approximate surface area is 80.3 Å². The van der Waals surface area contributed by atoms with Gasteiger partial charge in [0, 0.05) is 0 Å². The summed E-state index contributed by atoms with van der Waals surface area (Å²) in [6.07, 6.45) is 2.76. The van der Waals surface area contributed by atoms with Crippen molar-refractivity contribution in [2.45, 2.75) is 51.5 Å². The third-order valence-electron chi connectivity index (χ3n) is 4.76. The van der Waals surface area contributed by atoms with Gasteiger partial charge in [0.1, 0.15) is 0 Å². The molecule has 0 bridgehead atoms. The Morgan fingerprint density at radius 3 is 1.45 bits per heavy atom. The van der Waals surface area contributed by atoms with Gasteiger partial charge in [0.2, 0.25) is 0 Å². The normalized spacial score (nSPS) is 41.0. The third-order valence-corrected chi connectivity index (χ3v) is 4.76. The topological polar surface area (TPSA) is 0 Å². The first kappa shape index (κ1) is 9.68. The van der Waals surface area contributed by atoms with Crippen LogP contribution < -0.4 is 0 Å². The molecule has 60 valence electrons. The van der Waals surface area contributed by atoms with Gasteiger partial charge in [-0.1, -0.05) is 0 Å². The summed E-state index contributed by atoms with van der Waals surface area (Å²) in [5.41, 5.74) is 1.01. The number of hydrogen-bond donors (Lipinski definition) is 0. The summed E-state index contributed by atoms with van der Waals surface area (Å²) in [6.45, 7) is 12.0. The standard InChI is InChI=1S/C10H19.Li/c1-8-6-7-9(2,3)10(8,4)5;/h6-7H2,1-5H3;. The van der Waals surface area contributed by atoms with Crippen molar-refractivity contribution in [1.82, 2.24) is 0 Å². The zero-order valence-corrected chi connectivity index (χ0v) is 8.91. The second-order valence-electron chi connectivity index (χ2n) is 5.89. The molecule has 0 amide bonds. The van der Waals surface area contributed by atoms with Crippen LogP contribution in [-0.2, 0) is 0 Å². The molecular formula is C10H19Li. The van der Waals surface area contributed by atoms with Crippen LogP contribution in [0.15, 0.2) is 0 Å². The summed E-state index contributed by atoms with van der Waals surface area (Å²) in [6, 6.07) is 0. The molecule has 1 atom stereocenters. The zero-order valence-electron chi connectivity index (χ0n) is 8.91. The van der Waals surface area contributed by atoms with Crippen molar-refractivity contribution in [3.05, 3.63) is 0 Å². The Morgan fingerprint density at radius 2 is 1.36 bits per heavy atom. The summed E-state index contributed by atoms with van der Waals surface area (Å²) in [7, 11) is 0. The van der Waals surface area contributed by atoms with Crippen LogP contribution in [0.5, 0.6) is 0 Å². The predicted octanol–water partition coefficient (Wildman–Crippen LogP) is 3.18. The first-order chi connectivity index (χ1) is 4.71. The molecule has 1 rings (SSSR count). The zero-order chi connectivity index (χ0) is 8.91. The van der Waals surface area contributed by atoms with Gasteiger partial charge in [-0.2, -0.15) is 0 Å². The van der Waals surface area contributed by atoms with Crippen molar-refractivity contribution in [1.29, 1.82) is 0 Å². The van der Waals surface area contributed by atoms with E-state index in [1.807, 2.05) is 0 Å². The van der Waals surface area contributed by atoms with Crippen LogP contribution in [-0.4, -0.2) is 17.7 Å². The van der Waals surface area contributed by atoms with Crippen LogP contribution in [0.4, 0.5) is 0 Å². The van der Waals surface area contributed by atoms with E-state index in [9.17, 15) is 0 Å². The molecule has 1 aliphatic rings. The first-order valence-corrected chi connectivity index (χ1v) is 4.71. The summed E-state index contributed by atoms with van der Waals surface area (Å²) < 4.78 is 0.524. The maximum absolute atomic E-state index is 2.42. The van der Waals surface area contributed by atoms with E-state index >= 15 is 0 Å². The SMILES string of the molecule is [Li][C]1(C)CCC(C)(C)C1(C)C. The summed E-state index contributed by atoms with van der Waals surface area (Å²) >= 11 is 2.40. The van der Waals surface area contributed by atoms with Crippen LogP contribution in [0.3, 0.4) is 0 Å². The second-order valence-corrected chi connectivity index (χ2v) is 5.89. The predicted molar refractivity (Wildman–Crippen MR) is 50.9 cm³/mol. The molecule has 0 nitrogen and oxygen atoms in total. The van der Waals surface area contributed by atoms with E-state index in [0.29, 0.717) is 14.9 Å². The van der Waals surface area contributed by atoms with Gasteiger partial charge < -0.3 is 0 Å². The average Bonchev–Trinajstić information content (AvgIpc) is 1.93. The van der Waals surface area contributed by atoms with Crippen molar-refractivity contribution >= 4 is 17.7 Å². The Hall–Kier alpha value is 0.597. The Kier molecular flexibility index (Phi) is 2.03. The van der Waals surface area contributed by atoms with Crippen molar-refractivity contribution in [2.24, 2.45) is 10.8 Å². The summed E-state index contributed by atoms with van der Waals surface area (Å²) in [5, 5.41) is 0. The third kappa shape index (κ3) is 1.20. The van der Waals surface area contributed by atoms with E-state index in [4.69, 9.17) is 0 Å². The Morgan fingerprint density at radius 1 is 0.909 bits per heavy atom. The van der Waals surface area contributed by atoms with Gasteiger partial charge in [-0.05, 0) is 0 Å². The molecule has 0 radical (unpaired) electrons. The fraction of sp³-hybridized carbons (Fsp3) is 1.00. The molecule has 0 aliphatic heterocycles. The van der Waals surface area contributed by atoms with E-state index in [2.05, 4.69) is 52.3 Å². The number of rotatable bonds is 0. The fourth-order valence-electron chi connectivity index (χ4n) is 2.17. The molecule has 0 aromatic rings. The molecule has 11 heavy (non-hydrogen) atoms. The minimum atomic E-state index is 0.486. The molecule has 0 aromatic heterocycles. The van der Waals surface area contributed by atoms with Gasteiger partial charge in [-0.25, -0.2) is 0 Å². The molecule has 0 spiro atoms. The Balaban J connectivity index is 3.00. The van der Waals surface area contributed by atoms with Crippen molar-refractivity contribution in [3.8, 4) is 0 Å². The molecule has 0 heterocycles. The number of hydrogen-bond acceptors (Lipinski definition) is 0. The van der Waals surface area contributed by atoms with Crippen LogP contribution in [0.1, 0.15) is 47.5 Å². The van der Waals surface area contributed by atoms with Gasteiger partial charge >= 0.3 is 80.1 Å². The molecule has 1 saturated carbocycles. The Bertz CT molecular complexity index is 148. The summed E-state index contributed by atoms with van der Waals surface area (Å²) in [4.78, 5) is 0. The fourth-order valence-corrected chi connectivity index (χ4v) is 2.17. The quantitative estimate of drug-likeness (QED) is 0.460.